The Bertz CT molecular complexity index is 423. The van der Waals surface area contributed by atoms with Crippen LogP contribution < -0.4 is 15.0 Å². The average molecular weight is 265 g/mol. The van der Waals surface area contributed by atoms with E-state index in [1.54, 1.807) is 0 Å². The summed E-state index contributed by atoms with van der Waals surface area (Å²) in [6, 6.07) is 0.399. The number of ether oxygens (including phenoxy) is 1. The van der Waals surface area contributed by atoms with Gasteiger partial charge in [-0.15, -0.1) is 0 Å². The summed E-state index contributed by atoms with van der Waals surface area (Å²) in [4.78, 5) is 15.3. The molecule has 0 spiro atoms. The Morgan fingerprint density at radius 1 is 1.37 bits per heavy atom. The monoisotopic (exact) mass is 265 g/mol. The zero-order valence-corrected chi connectivity index (χ0v) is 12.2. The van der Waals surface area contributed by atoms with E-state index in [1.807, 2.05) is 20.8 Å². The summed E-state index contributed by atoms with van der Waals surface area (Å²) in [5.74, 6) is 1.99. The minimum atomic E-state index is 0.0576. The first-order valence-corrected chi connectivity index (χ1v) is 7.00. The maximum atomic E-state index is 5.60. The van der Waals surface area contributed by atoms with Gasteiger partial charge in [-0.25, -0.2) is 0 Å². The Kier molecular flexibility index (Phi) is 4.39. The minimum absolute atomic E-state index is 0.0576. The van der Waals surface area contributed by atoms with Gasteiger partial charge in [-0.2, -0.15) is 15.0 Å². The molecule has 6 heteroatoms. The molecule has 106 valence electrons. The average Bonchev–Trinajstić information content (AvgIpc) is 2.75. The van der Waals surface area contributed by atoms with Crippen molar-refractivity contribution in [1.82, 2.24) is 15.0 Å². The SMILES string of the molecule is CCNc1nc(OC(C)C)nc(N2CCC(C)C2)n1. The highest BCUT2D eigenvalue weighted by atomic mass is 16.5. The summed E-state index contributed by atoms with van der Waals surface area (Å²) in [5, 5.41) is 3.13. The first-order valence-electron chi connectivity index (χ1n) is 7.00. The first kappa shape index (κ1) is 13.8. The molecule has 1 aliphatic rings. The number of hydrogen-bond donors (Lipinski definition) is 1. The zero-order valence-electron chi connectivity index (χ0n) is 12.2. The fourth-order valence-corrected chi connectivity index (χ4v) is 2.10. The van der Waals surface area contributed by atoms with Gasteiger partial charge in [0.25, 0.3) is 0 Å². The van der Waals surface area contributed by atoms with Gasteiger partial charge in [0.15, 0.2) is 0 Å². The van der Waals surface area contributed by atoms with Crippen LogP contribution in [0.1, 0.15) is 34.1 Å². The third-order valence-corrected chi connectivity index (χ3v) is 2.99. The molecule has 1 unspecified atom stereocenters. The molecule has 0 radical (unpaired) electrons. The van der Waals surface area contributed by atoms with Crippen LogP contribution in [-0.4, -0.2) is 40.7 Å². The highest BCUT2D eigenvalue weighted by Crippen LogP contribution is 2.22. The van der Waals surface area contributed by atoms with E-state index in [0.29, 0.717) is 23.8 Å². The Morgan fingerprint density at radius 2 is 2.16 bits per heavy atom. The Labute approximate surface area is 114 Å². The number of nitrogens with zero attached hydrogens (tertiary/aromatic N) is 4. The van der Waals surface area contributed by atoms with Gasteiger partial charge >= 0.3 is 6.01 Å². The number of aromatic nitrogens is 3. The lowest BCUT2D eigenvalue weighted by atomic mass is 10.2. The van der Waals surface area contributed by atoms with E-state index in [4.69, 9.17) is 4.74 Å². The lowest BCUT2D eigenvalue weighted by Gasteiger charge is -2.17. The molecule has 1 aromatic heterocycles. The molecular weight excluding hydrogens is 242 g/mol. The van der Waals surface area contributed by atoms with E-state index in [2.05, 4.69) is 32.1 Å². The van der Waals surface area contributed by atoms with Gasteiger partial charge in [0, 0.05) is 19.6 Å². The molecule has 0 aliphatic carbocycles. The zero-order chi connectivity index (χ0) is 13.8. The highest BCUT2D eigenvalue weighted by molar-refractivity contribution is 5.39. The molecular formula is C13H23N5O. The van der Waals surface area contributed by atoms with Crippen LogP contribution in [0.5, 0.6) is 6.01 Å². The summed E-state index contributed by atoms with van der Waals surface area (Å²) in [6.07, 6.45) is 1.24. The molecule has 1 aromatic rings. The van der Waals surface area contributed by atoms with Crippen LogP contribution in [0.4, 0.5) is 11.9 Å². The lowest BCUT2D eigenvalue weighted by molar-refractivity contribution is 0.222. The van der Waals surface area contributed by atoms with Crippen molar-refractivity contribution in [3.63, 3.8) is 0 Å². The molecule has 1 aliphatic heterocycles. The Hall–Kier alpha value is -1.59. The van der Waals surface area contributed by atoms with Crippen molar-refractivity contribution in [1.29, 1.82) is 0 Å². The summed E-state index contributed by atoms with van der Waals surface area (Å²) < 4.78 is 5.60. The van der Waals surface area contributed by atoms with Gasteiger partial charge in [0.05, 0.1) is 6.10 Å². The highest BCUT2D eigenvalue weighted by Gasteiger charge is 2.22. The van der Waals surface area contributed by atoms with Gasteiger partial charge in [0.1, 0.15) is 0 Å². The van der Waals surface area contributed by atoms with Crippen molar-refractivity contribution in [2.75, 3.05) is 29.9 Å². The minimum Gasteiger partial charge on any atom is -0.461 e. The third-order valence-electron chi connectivity index (χ3n) is 2.99. The molecule has 1 saturated heterocycles. The van der Waals surface area contributed by atoms with Gasteiger partial charge in [-0.3, -0.25) is 0 Å². The van der Waals surface area contributed by atoms with E-state index in [1.165, 1.54) is 6.42 Å². The molecule has 1 N–H and O–H groups in total. The van der Waals surface area contributed by atoms with Crippen molar-refractivity contribution < 1.29 is 4.74 Å². The fourth-order valence-electron chi connectivity index (χ4n) is 2.10. The summed E-state index contributed by atoms with van der Waals surface area (Å²) in [7, 11) is 0. The van der Waals surface area contributed by atoms with E-state index in [-0.39, 0.29) is 6.10 Å². The van der Waals surface area contributed by atoms with Crippen LogP contribution in [0, 0.1) is 5.92 Å². The number of anilines is 2. The Morgan fingerprint density at radius 3 is 2.74 bits per heavy atom. The molecule has 1 atom stereocenters. The van der Waals surface area contributed by atoms with Crippen LogP contribution >= 0.6 is 0 Å². The second-order valence-electron chi connectivity index (χ2n) is 5.28. The second-order valence-corrected chi connectivity index (χ2v) is 5.28. The van der Waals surface area contributed by atoms with Crippen LogP contribution in [0.25, 0.3) is 0 Å². The van der Waals surface area contributed by atoms with Crippen molar-refractivity contribution in [2.24, 2.45) is 5.92 Å². The largest absolute Gasteiger partial charge is 0.461 e. The quantitative estimate of drug-likeness (QED) is 0.877. The summed E-state index contributed by atoms with van der Waals surface area (Å²) in [5.41, 5.74) is 0. The molecule has 2 rings (SSSR count). The molecule has 1 fully saturated rings. The summed E-state index contributed by atoms with van der Waals surface area (Å²) >= 11 is 0. The molecule has 0 saturated carbocycles. The maximum Gasteiger partial charge on any atom is 0.323 e. The van der Waals surface area contributed by atoms with Gasteiger partial charge in [-0.05, 0) is 33.1 Å². The third kappa shape index (κ3) is 3.68. The van der Waals surface area contributed by atoms with Gasteiger partial charge < -0.3 is 15.0 Å². The smallest absolute Gasteiger partial charge is 0.323 e. The molecule has 6 nitrogen and oxygen atoms in total. The molecule has 0 bridgehead atoms. The predicted molar refractivity (Wildman–Crippen MR) is 75.7 cm³/mol. The topological polar surface area (TPSA) is 63.2 Å². The van der Waals surface area contributed by atoms with E-state index in [9.17, 15) is 0 Å². The van der Waals surface area contributed by atoms with Crippen LogP contribution in [0.15, 0.2) is 0 Å². The molecule has 0 aromatic carbocycles. The molecule has 2 heterocycles. The second kappa shape index (κ2) is 6.04. The standard InChI is InChI=1S/C13H23N5O/c1-5-14-11-15-12(18-7-6-10(4)8-18)17-13(16-11)19-9(2)3/h9-10H,5-8H2,1-4H3,(H,14,15,16,17). The van der Waals surface area contributed by atoms with E-state index in [0.717, 1.165) is 19.6 Å². The fraction of sp³-hybridized carbons (Fsp3) is 0.769. The first-order chi connectivity index (χ1) is 9.08. The van der Waals surface area contributed by atoms with Crippen LogP contribution in [-0.2, 0) is 0 Å². The number of hydrogen-bond acceptors (Lipinski definition) is 6. The number of rotatable bonds is 5. The normalized spacial score (nSPS) is 19.0. The lowest BCUT2D eigenvalue weighted by Crippen LogP contribution is -2.23. The predicted octanol–water partition coefficient (Wildman–Crippen LogP) is 1.94. The van der Waals surface area contributed by atoms with Crippen molar-refractivity contribution in [3.8, 4) is 6.01 Å². The van der Waals surface area contributed by atoms with Crippen LogP contribution in [0.3, 0.4) is 0 Å². The van der Waals surface area contributed by atoms with Crippen LogP contribution in [0.2, 0.25) is 0 Å². The van der Waals surface area contributed by atoms with Crippen molar-refractivity contribution in [3.05, 3.63) is 0 Å². The van der Waals surface area contributed by atoms with Gasteiger partial charge in [0.2, 0.25) is 11.9 Å². The van der Waals surface area contributed by atoms with Crippen molar-refractivity contribution >= 4 is 11.9 Å². The molecule has 0 amide bonds. The molecule has 19 heavy (non-hydrogen) atoms. The van der Waals surface area contributed by atoms with Gasteiger partial charge in [-0.1, -0.05) is 6.92 Å². The summed E-state index contributed by atoms with van der Waals surface area (Å²) in [6.45, 7) is 11.0. The van der Waals surface area contributed by atoms with Crippen molar-refractivity contribution in [2.45, 2.75) is 40.2 Å². The van der Waals surface area contributed by atoms with E-state index < -0.39 is 0 Å². The number of nitrogens with one attached hydrogen (secondary N) is 1. The van der Waals surface area contributed by atoms with E-state index >= 15 is 0 Å². The Balaban J connectivity index is 2.23. The maximum absolute atomic E-state index is 5.60.